The van der Waals surface area contributed by atoms with Crippen molar-refractivity contribution in [2.45, 2.75) is 38.5 Å². The predicted octanol–water partition coefficient (Wildman–Crippen LogP) is 4.01. The highest BCUT2D eigenvalue weighted by molar-refractivity contribution is 7.84. The number of hydrogen-bond acceptors (Lipinski definition) is 3. The predicted molar refractivity (Wildman–Crippen MR) is 92.8 cm³/mol. The average Bonchev–Trinajstić information content (AvgIpc) is 2.44. The minimum Gasteiger partial charge on any atom is -0.481 e. The SMILES string of the molecule is COc1nc2ccc(Cl)cc2cc1[C@@H](C)N[S@@](=O)C(C)(C)C. The van der Waals surface area contributed by atoms with Crippen molar-refractivity contribution in [3.05, 3.63) is 34.9 Å². The second-order valence-electron chi connectivity index (χ2n) is 6.14. The number of aromatic nitrogens is 1. The lowest BCUT2D eigenvalue weighted by Crippen LogP contribution is -2.35. The Bertz CT molecular complexity index is 713. The molecule has 0 aliphatic heterocycles. The van der Waals surface area contributed by atoms with Crippen molar-refractivity contribution in [2.75, 3.05) is 7.11 Å². The number of pyridine rings is 1. The molecule has 0 aliphatic rings. The summed E-state index contributed by atoms with van der Waals surface area (Å²) >= 11 is 6.05. The zero-order valence-electron chi connectivity index (χ0n) is 13.4. The fourth-order valence-electron chi connectivity index (χ4n) is 2.02. The minimum atomic E-state index is -1.18. The van der Waals surface area contributed by atoms with Crippen molar-refractivity contribution in [3.8, 4) is 5.88 Å². The van der Waals surface area contributed by atoms with Crippen LogP contribution in [0.25, 0.3) is 10.9 Å². The summed E-state index contributed by atoms with van der Waals surface area (Å²) in [5, 5.41) is 1.59. The first-order valence-corrected chi connectivity index (χ1v) is 8.57. The van der Waals surface area contributed by atoms with Crippen LogP contribution in [0.3, 0.4) is 0 Å². The van der Waals surface area contributed by atoms with Crippen molar-refractivity contribution >= 4 is 33.5 Å². The largest absolute Gasteiger partial charge is 0.481 e. The number of ether oxygens (including phenoxy) is 1. The van der Waals surface area contributed by atoms with Gasteiger partial charge in [0.25, 0.3) is 0 Å². The van der Waals surface area contributed by atoms with Crippen molar-refractivity contribution < 1.29 is 8.95 Å². The summed E-state index contributed by atoms with van der Waals surface area (Å²) in [7, 11) is 0.409. The Morgan fingerprint density at radius 2 is 2.00 bits per heavy atom. The molecule has 2 rings (SSSR count). The topological polar surface area (TPSA) is 51.2 Å². The van der Waals surface area contributed by atoms with Gasteiger partial charge in [0.1, 0.15) is 0 Å². The number of hydrogen-bond donors (Lipinski definition) is 1. The number of fused-ring (bicyclic) bond motifs is 1. The molecular weight excluding hydrogens is 320 g/mol. The fraction of sp³-hybridized carbons (Fsp3) is 0.438. The molecule has 1 aromatic heterocycles. The zero-order valence-corrected chi connectivity index (χ0v) is 15.0. The van der Waals surface area contributed by atoms with E-state index in [4.69, 9.17) is 16.3 Å². The molecule has 2 aromatic rings. The molecule has 0 unspecified atom stereocenters. The second kappa shape index (κ2) is 6.52. The van der Waals surface area contributed by atoms with Gasteiger partial charge in [-0.3, -0.25) is 0 Å². The van der Waals surface area contributed by atoms with E-state index in [1.165, 1.54) is 0 Å². The number of rotatable bonds is 4. The van der Waals surface area contributed by atoms with E-state index in [1.54, 1.807) is 13.2 Å². The molecule has 1 heterocycles. The third-order valence-corrected chi connectivity index (χ3v) is 5.18. The van der Waals surface area contributed by atoms with E-state index >= 15 is 0 Å². The average molecular weight is 341 g/mol. The van der Waals surface area contributed by atoms with Crippen LogP contribution in [0.4, 0.5) is 0 Å². The van der Waals surface area contributed by atoms with E-state index in [0.717, 1.165) is 16.5 Å². The Balaban J connectivity index is 2.42. The van der Waals surface area contributed by atoms with Gasteiger partial charge in [-0.05, 0) is 52.0 Å². The van der Waals surface area contributed by atoms with E-state index in [9.17, 15) is 4.21 Å². The minimum absolute atomic E-state index is 0.161. The quantitative estimate of drug-likeness (QED) is 0.914. The van der Waals surface area contributed by atoms with E-state index in [2.05, 4.69) is 9.71 Å². The number of benzene rings is 1. The molecule has 0 fully saturated rings. The van der Waals surface area contributed by atoms with Gasteiger partial charge in [-0.25, -0.2) is 13.9 Å². The monoisotopic (exact) mass is 340 g/mol. The van der Waals surface area contributed by atoms with Crippen LogP contribution in [-0.2, 0) is 11.0 Å². The Kier molecular flexibility index (Phi) is 5.10. The number of halogens is 1. The van der Waals surface area contributed by atoms with Crippen LogP contribution in [0.1, 0.15) is 39.3 Å². The summed E-state index contributed by atoms with van der Waals surface area (Å²) in [5.41, 5.74) is 1.67. The van der Waals surface area contributed by atoms with E-state index < -0.39 is 11.0 Å². The number of methoxy groups -OCH3 is 1. The van der Waals surface area contributed by atoms with Crippen molar-refractivity contribution in [3.63, 3.8) is 0 Å². The highest BCUT2D eigenvalue weighted by Crippen LogP contribution is 2.29. The van der Waals surface area contributed by atoms with Gasteiger partial charge in [0.2, 0.25) is 5.88 Å². The maximum atomic E-state index is 12.3. The van der Waals surface area contributed by atoms with Gasteiger partial charge in [0, 0.05) is 22.0 Å². The van der Waals surface area contributed by atoms with Gasteiger partial charge in [0.05, 0.1) is 28.4 Å². The Hall–Kier alpha value is -1.17. The molecule has 4 nitrogen and oxygen atoms in total. The Labute approximate surface area is 138 Å². The normalized spacial score (nSPS) is 14.8. The van der Waals surface area contributed by atoms with Crippen LogP contribution in [-0.4, -0.2) is 21.0 Å². The van der Waals surface area contributed by atoms with E-state index in [-0.39, 0.29) is 10.8 Å². The summed E-state index contributed by atoms with van der Waals surface area (Å²) in [6.45, 7) is 7.73. The molecule has 1 aromatic carbocycles. The van der Waals surface area contributed by atoms with Gasteiger partial charge in [0.15, 0.2) is 0 Å². The highest BCUT2D eigenvalue weighted by Gasteiger charge is 2.23. The van der Waals surface area contributed by atoms with E-state index in [1.807, 2.05) is 45.9 Å². The standard InChI is InChI=1S/C16H21ClN2O2S/c1-10(19-22(20)16(2,3)4)13-9-11-8-12(17)6-7-14(11)18-15(13)21-5/h6-10,19H,1-5H3/t10-,22+/m1/s1. The van der Waals surface area contributed by atoms with Crippen LogP contribution >= 0.6 is 11.6 Å². The highest BCUT2D eigenvalue weighted by atomic mass is 35.5. The molecule has 6 heteroatoms. The summed E-state index contributed by atoms with van der Waals surface area (Å²) in [6, 6.07) is 7.33. The van der Waals surface area contributed by atoms with Crippen molar-refractivity contribution in [2.24, 2.45) is 0 Å². The third kappa shape index (κ3) is 3.77. The molecule has 0 saturated heterocycles. The Morgan fingerprint density at radius 3 is 2.59 bits per heavy atom. The van der Waals surface area contributed by atoms with Gasteiger partial charge in [-0.2, -0.15) is 0 Å². The maximum Gasteiger partial charge on any atom is 0.218 e. The summed E-state index contributed by atoms with van der Waals surface area (Å²) in [5.74, 6) is 0.528. The van der Waals surface area contributed by atoms with Gasteiger partial charge < -0.3 is 4.74 Å². The lowest BCUT2D eigenvalue weighted by Gasteiger charge is -2.23. The number of nitrogens with one attached hydrogen (secondary N) is 1. The maximum absolute atomic E-state index is 12.3. The smallest absolute Gasteiger partial charge is 0.218 e. The zero-order chi connectivity index (χ0) is 16.5. The molecule has 0 radical (unpaired) electrons. The molecule has 2 atom stereocenters. The van der Waals surface area contributed by atoms with E-state index in [0.29, 0.717) is 10.9 Å². The summed E-state index contributed by atoms with van der Waals surface area (Å²) < 4.78 is 20.4. The molecule has 0 bridgehead atoms. The van der Waals surface area contributed by atoms with Crippen LogP contribution < -0.4 is 9.46 Å². The first-order valence-electron chi connectivity index (χ1n) is 7.04. The van der Waals surface area contributed by atoms with Crippen molar-refractivity contribution in [1.29, 1.82) is 0 Å². The second-order valence-corrected chi connectivity index (χ2v) is 8.58. The van der Waals surface area contributed by atoms with Crippen LogP contribution in [0.15, 0.2) is 24.3 Å². The lowest BCUT2D eigenvalue weighted by molar-refractivity contribution is 0.390. The Morgan fingerprint density at radius 1 is 1.32 bits per heavy atom. The first kappa shape index (κ1) is 17.2. The van der Waals surface area contributed by atoms with Crippen LogP contribution in [0.5, 0.6) is 5.88 Å². The van der Waals surface area contributed by atoms with Gasteiger partial charge in [-0.1, -0.05) is 11.6 Å². The fourth-order valence-corrected chi connectivity index (χ4v) is 3.00. The molecule has 120 valence electrons. The molecular formula is C16H21ClN2O2S. The molecule has 0 amide bonds. The molecule has 0 saturated carbocycles. The summed E-state index contributed by atoms with van der Waals surface area (Å²) in [6.07, 6.45) is 0. The van der Waals surface area contributed by atoms with Crippen LogP contribution in [0, 0.1) is 0 Å². The molecule has 1 N–H and O–H groups in total. The number of nitrogens with zero attached hydrogens (tertiary/aromatic N) is 1. The molecule has 0 spiro atoms. The lowest BCUT2D eigenvalue weighted by atomic mass is 10.1. The molecule has 22 heavy (non-hydrogen) atoms. The van der Waals surface area contributed by atoms with Crippen LogP contribution in [0.2, 0.25) is 5.02 Å². The first-order chi connectivity index (χ1) is 10.2. The third-order valence-electron chi connectivity index (χ3n) is 3.27. The van der Waals surface area contributed by atoms with Gasteiger partial charge in [-0.15, -0.1) is 0 Å². The molecule has 0 aliphatic carbocycles. The summed E-state index contributed by atoms with van der Waals surface area (Å²) in [4.78, 5) is 4.51. The van der Waals surface area contributed by atoms with Gasteiger partial charge >= 0.3 is 0 Å². The van der Waals surface area contributed by atoms with Crippen molar-refractivity contribution in [1.82, 2.24) is 9.71 Å².